The standard InChI is InChI=1S/C17H15NO2/c1-19-16-7-3-5-13(10-16)9-15(12-18)14-6-4-8-17(11-14)20-2/h3-11H,1-2H3/b15-9+. The molecule has 2 aromatic carbocycles. The second-order valence-electron chi connectivity index (χ2n) is 4.18. The zero-order valence-corrected chi connectivity index (χ0v) is 11.5. The van der Waals surface area contributed by atoms with Gasteiger partial charge in [-0.15, -0.1) is 0 Å². The first-order chi connectivity index (χ1) is 9.76. The second kappa shape index (κ2) is 6.44. The number of methoxy groups -OCH3 is 2. The Balaban J connectivity index is 2.40. The maximum atomic E-state index is 9.34. The van der Waals surface area contributed by atoms with E-state index >= 15 is 0 Å². The number of nitriles is 1. The Bertz CT molecular complexity index is 669. The first kappa shape index (κ1) is 13.7. The minimum atomic E-state index is 0.581. The quantitative estimate of drug-likeness (QED) is 0.624. The maximum Gasteiger partial charge on any atom is 0.119 e. The van der Waals surface area contributed by atoms with Crippen molar-refractivity contribution in [2.45, 2.75) is 0 Å². The van der Waals surface area contributed by atoms with Crippen LogP contribution in [0.5, 0.6) is 11.5 Å². The summed E-state index contributed by atoms with van der Waals surface area (Å²) in [5.41, 5.74) is 2.33. The molecule has 0 aromatic heterocycles. The van der Waals surface area contributed by atoms with Crippen LogP contribution in [0, 0.1) is 11.3 Å². The number of benzene rings is 2. The summed E-state index contributed by atoms with van der Waals surface area (Å²) in [7, 11) is 3.23. The maximum absolute atomic E-state index is 9.34. The number of hydrogen-bond acceptors (Lipinski definition) is 3. The van der Waals surface area contributed by atoms with Gasteiger partial charge >= 0.3 is 0 Å². The molecule has 0 saturated heterocycles. The van der Waals surface area contributed by atoms with E-state index in [2.05, 4.69) is 6.07 Å². The zero-order chi connectivity index (χ0) is 14.4. The smallest absolute Gasteiger partial charge is 0.119 e. The van der Waals surface area contributed by atoms with Crippen molar-refractivity contribution in [3.63, 3.8) is 0 Å². The van der Waals surface area contributed by atoms with Crippen LogP contribution < -0.4 is 9.47 Å². The van der Waals surface area contributed by atoms with Crippen LogP contribution in [0.15, 0.2) is 48.5 Å². The van der Waals surface area contributed by atoms with Crippen molar-refractivity contribution in [1.29, 1.82) is 5.26 Å². The largest absolute Gasteiger partial charge is 0.497 e. The highest BCUT2D eigenvalue weighted by Crippen LogP contribution is 2.23. The van der Waals surface area contributed by atoms with Crippen LogP contribution in [0.1, 0.15) is 11.1 Å². The normalized spacial score (nSPS) is 10.8. The molecule has 0 radical (unpaired) electrons. The van der Waals surface area contributed by atoms with Crippen LogP contribution in [0.25, 0.3) is 11.6 Å². The van der Waals surface area contributed by atoms with Crippen molar-refractivity contribution in [1.82, 2.24) is 0 Å². The first-order valence-corrected chi connectivity index (χ1v) is 6.17. The van der Waals surface area contributed by atoms with Crippen molar-refractivity contribution in [3.05, 3.63) is 59.7 Å². The summed E-state index contributed by atoms with van der Waals surface area (Å²) in [6.45, 7) is 0. The topological polar surface area (TPSA) is 42.2 Å². The number of allylic oxidation sites excluding steroid dienone is 1. The Morgan fingerprint density at radius 2 is 1.65 bits per heavy atom. The van der Waals surface area contributed by atoms with E-state index in [0.717, 1.165) is 22.6 Å². The molecular weight excluding hydrogens is 250 g/mol. The monoisotopic (exact) mass is 265 g/mol. The lowest BCUT2D eigenvalue weighted by atomic mass is 10.0. The van der Waals surface area contributed by atoms with Gasteiger partial charge in [0, 0.05) is 0 Å². The summed E-state index contributed by atoms with van der Waals surface area (Å²) in [6, 6.07) is 17.2. The lowest BCUT2D eigenvalue weighted by Crippen LogP contribution is -1.87. The zero-order valence-electron chi connectivity index (χ0n) is 11.5. The molecule has 100 valence electrons. The Kier molecular flexibility index (Phi) is 4.41. The molecule has 0 unspecified atom stereocenters. The molecule has 0 bridgehead atoms. The van der Waals surface area contributed by atoms with Gasteiger partial charge in [-0.3, -0.25) is 0 Å². The van der Waals surface area contributed by atoms with Gasteiger partial charge in [-0.1, -0.05) is 24.3 Å². The van der Waals surface area contributed by atoms with Gasteiger partial charge in [0.2, 0.25) is 0 Å². The van der Waals surface area contributed by atoms with Gasteiger partial charge in [0.15, 0.2) is 0 Å². The van der Waals surface area contributed by atoms with Gasteiger partial charge in [0.1, 0.15) is 11.5 Å². The molecule has 2 rings (SSSR count). The minimum absolute atomic E-state index is 0.581. The SMILES string of the molecule is COc1cccc(/C=C(\C#N)c2cccc(OC)c2)c1. The number of ether oxygens (including phenoxy) is 2. The Morgan fingerprint density at radius 1 is 1.00 bits per heavy atom. The van der Waals surface area contributed by atoms with Crippen LogP contribution in [0.4, 0.5) is 0 Å². The summed E-state index contributed by atoms with van der Waals surface area (Å²) in [5, 5.41) is 9.34. The molecule has 2 aromatic rings. The van der Waals surface area contributed by atoms with E-state index in [1.807, 2.05) is 54.6 Å². The summed E-state index contributed by atoms with van der Waals surface area (Å²) in [4.78, 5) is 0. The molecule has 0 aliphatic carbocycles. The number of hydrogen-bond donors (Lipinski definition) is 0. The van der Waals surface area contributed by atoms with Crippen molar-refractivity contribution in [2.24, 2.45) is 0 Å². The average Bonchev–Trinajstić information content (AvgIpc) is 2.52. The van der Waals surface area contributed by atoms with E-state index in [1.54, 1.807) is 14.2 Å². The van der Waals surface area contributed by atoms with E-state index in [0.29, 0.717) is 5.57 Å². The molecule has 0 aliphatic rings. The summed E-state index contributed by atoms with van der Waals surface area (Å²) in [5.74, 6) is 1.50. The fourth-order valence-corrected chi connectivity index (χ4v) is 1.87. The van der Waals surface area contributed by atoms with Crippen LogP contribution in [-0.4, -0.2) is 14.2 Å². The van der Waals surface area contributed by atoms with Crippen molar-refractivity contribution in [3.8, 4) is 17.6 Å². The molecule has 20 heavy (non-hydrogen) atoms. The van der Waals surface area contributed by atoms with Crippen LogP contribution in [-0.2, 0) is 0 Å². The van der Waals surface area contributed by atoms with Gasteiger partial charge in [0.25, 0.3) is 0 Å². The average molecular weight is 265 g/mol. The van der Waals surface area contributed by atoms with E-state index < -0.39 is 0 Å². The van der Waals surface area contributed by atoms with Gasteiger partial charge in [-0.05, 0) is 41.5 Å². The van der Waals surface area contributed by atoms with Crippen LogP contribution in [0.2, 0.25) is 0 Å². The predicted molar refractivity (Wildman–Crippen MR) is 79.5 cm³/mol. The molecule has 0 atom stereocenters. The fourth-order valence-electron chi connectivity index (χ4n) is 1.87. The Labute approximate surface area is 118 Å². The number of nitrogens with zero attached hydrogens (tertiary/aromatic N) is 1. The van der Waals surface area contributed by atoms with E-state index in [4.69, 9.17) is 9.47 Å². The van der Waals surface area contributed by atoms with Gasteiger partial charge in [0.05, 0.1) is 25.9 Å². The van der Waals surface area contributed by atoms with Gasteiger partial charge < -0.3 is 9.47 Å². The van der Waals surface area contributed by atoms with E-state index in [1.165, 1.54) is 0 Å². The number of rotatable bonds is 4. The molecule has 0 N–H and O–H groups in total. The highest BCUT2D eigenvalue weighted by atomic mass is 16.5. The Hall–Kier alpha value is -2.73. The van der Waals surface area contributed by atoms with Crippen LogP contribution >= 0.6 is 0 Å². The molecule has 0 amide bonds. The molecule has 3 heteroatoms. The summed E-state index contributed by atoms with van der Waals surface area (Å²) < 4.78 is 10.4. The van der Waals surface area contributed by atoms with Crippen molar-refractivity contribution in [2.75, 3.05) is 14.2 Å². The highest BCUT2D eigenvalue weighted by molar-refractivity contribution is 5.90. The predicted octanol–water partition coefficient (Wildman–Crippen LogP) is 3.77. The van der Waals surface area contributed by atoms with E-state index in [-0.39, 0.29) is 0 Å². The van der Waals surface area contributed by atoms with E-state index in [9.17, 15) is 5.26 Å². The molecule has 0 aliphatic heterocycles. The fraction of sp³-hybridized carbons (Fsp3) is 0.118. The van der Waals surface area contributed by atoms with Crippen LogP contribution in [0.3, 0.4) is 0 Å². The summed E-state index contributed by atoms with van der Waals surface area (Å²) in [6.07, 6.45) is 1.83. The molecule has 0 heterocycles. The first-order valence-electron chi connectivity index (χ1n) is 6.17. The molecular formula is C17H15NO2. The van der Waals surface area contributed by atoms with Gasteiger partial charge in [-0.25, -0.2) is 0 Å². The second-order valence-corrected chi connectivity index (χ2v) is 4.18. The minimum Gasteiger partial charge on any atom is -0.497 e. The molecule has 0 spiro atoms. The lowest BCUT2D eigenvalue weighted by molar-refractivity contribution is 0.414. The van der Waals surface area contributed by atoms with Crippen molar-refractivity contribution >= 4 is 11.6 Å². The van der Waals surface area contributed by atoms with Crippen molar-refractivity contribution < 1.29 is 9.47 Å². The molecule has 0 saturated carbocycles. The third-order valence-corrected chi connectivity index (χ3v) is 2.91. The van der Waals surface area contributed by atoms with Gasteiger partial charge in [-0.2, -0.15) is 5.26 Å². The summed E-state index contributed by atoms with van der Waals surface area (Å²) >= 11 is 0. The third kappa shape index (κ3) is 3.18. The third-order valence-electron chi connectivity index (χ3n) is 2.91. The lowest BCUT2D eigenvalue weighted by Gasteiger charge is -2.04. The molecule has 0 fully saturated rings. The highest BCUT2D eigenvalue weighted by Gasteiger charge is 2.03. The molecule has 3 nitrogen and oxygen atoms in total. The Morgan fingerprint density at radius 3 is 2.30 bits per heavy atom.